The molecule has 3 rings (SSSR count). The van der Waals surface area contributed by atoms with Gasteiger partial charge in [0.2, 0.25) is 0 Å². The second-order valence-corrected chi connectivity index (χ2v) is 6.68. The predicted molar refractivity (Wildman–Crippen MR) is 103 cm³/mol. The number of piperidine rings is 1. The topological polar surface area (TPSA) is 68.6 Å². The summed E-state index contributed by atoms with van der Waals surface area (Å²) in [6.07, 6.45) is 3.66. The van der Waals surface area contributed by atoms with Gasteiger partial charge in [-0.2, -0.15) is 5.10 Å². The van der Waals surface area contributed by atoms with Crippen LogP contribution in [0.25, 0.3) is 0 Å². The van der Waals surface area contributed by atoms with Gasteiger partial charge < -0.3 is 19.7 Å². The average molecular weight is 379 g/mol. The van der Waals surface area contributed by atoms with Crippen LogP contribution in [0.3, 0.4) is 0 Å². The van der Waals surface area contributed by atoms with E-state index >= 15 is 0 Å². The van der Waals surface area contributed by atoms with Crippen molar-refractivity contribution in [3.63, 3.8) is 0 Å². The van der Waals surface area contributed by atoms with E-state index in [-0.39, 0.29) is 16.6 Å². The van der Waals surface area contributed by atoms with E-state index < -0.39 is 0 Å². The summed E-state index contributed by atoms with van der Waals surface area (Å²) in [5.74, 6) is 1.47. The molecule has 7 nitrogen and oxygen atoms in total. The summed E-state index contributed by atoms with van der Waals surface area (Å²) in [6, 6.07) is 5.92. The van der Waals surface area contributed by atoms with Crippen molar-refractivity contribution in [3.05, 3.63) is 39.8 Å². The van der Waals surface area contributed by atoms with Crippen molar-refractivity contribution in [2.24, 2.45) is 7.05 Å². The van der Waals surface area contributed by atoms with Gasteiger partial charge in [0.1, 0.15) is 16.5 Å². The van der Waals surface area contributed by atoms with Crippen LogP contribution < -0.4 is 25.2 Å². The number of rotatable bonds is 5. The number of ether oxygens (including phenoxy) is 2. The van der Waals surface area contributed by atoms with E-state index in [2.05, 4.69) is 15.3 Å². The van der Waals surface area contributed by atoms with Crippen molar-refractivity contribution >= 4 is 23.0 Å². The van der Waals surface area contributed by atoms with Crippen LogP contribution in [-0.4, -0.2) is 43.1 Å². The Hall–Kier alpha value is -2.41. The molecule has 0 radical (unpaired) electrons. The molecule has 0 bridgehead atoms. The lowest BCUT2D eigenvalue weighted by molar-refractivity contribution is 0.394. The van der Waals surface area contributed by atoms with Crippen LogP contribution in [-0.2, 0) is 7.05 Å². The zero-order valence-corrected chi connectivity index (χ0v) is 15.9. The first kappa shape index (κ1) is 18.4. The van der Waals surface area contributed by atoms with Crippen molar-refractivity contribution < 1.29 is 9.47 Å². The van der Waals surface area contributed by atoms with Crippen LogP contribution in [0.1, 0.15) is 12.8 Å². The maximum atomic E-state index is 12.0. The van der Waals surface area contributed by atoms with Crippen LogP contribution in [0.5, 0.6) is 11.5 Å². The molecule has 26 heavy (non-hydrogen) atoms. The Morgan fingerprint density at radius 2 is 1.92 bits per heavy atom. The van der Waals surface area contributed by atoms with E-state index in [1.807, 2.05) is 18.2 Å². The molecule has 1 fully saturated rings. The Morgan fingerprint density at radius 3 is 2.58 bits per heavy atom. The maximum absolute atomic E-state index is 12.0. The summed E-state index contributed by atoms with van der Waals surface area (Å²) < 4.78 is 11.9. The molecule has 140 valence electrons. The van der Waals surface area contributed by atoms with Crippen LogP contribution in [0.2, 0.25) is 5.02 Å². The molecule has 0 spiro atoms. The first-order valence-corrected chi connectivity index (χ1v) is 8.86. The third-order valence-electron chi connectivity index (χ3n) is 4.54. The first-order chi connectivity index (χ1) is 12.5. The van der Waals surface area contributed by atoms with Crippen LogP contribution in [0.4, 0.5) is 11.4 Å². The second kappa shape index (κ2) is 7.86. The molecule has 2 aromatic rings. The van der Waals surface area contributed by atoms with Gasteiger partial charge in [-0.25, -0.2) is 4.68 Å². The van der Waals surface area contributed by atoms with Gasteiger partial charge >= 0.3 is 0 Å². The lowest BCUT2D eigenvalue weighted by Crippen LogP contribution is -2.43. The van der Waals surface area contributed by atoms with E-state index in [1.165, 1.54) is 4.68 Å². The van der Waals surface area contributed by atoms with Crippen LogP contribution in [0.15, 0.2) is 29.2 Å². The van der Waals surface area contributed by atoms with E-state index in [9.17, 15) is 4.79 Å². The highest BCUT2D eigenvalue weighted by Gasteiger charge is 2.23. The molecule has 1 aliphatic heterocycles. The lowest BCUT2D eigenvalue weighted by atomic mass is 10.0. The zero-order valence-electron chi connectivity index (χ0n) is 15.2. The van der Waals surface area contributed by atoms with E-state index in [0.29, 0.717) is 5.69 Å². The summed E-state index contributed by atoms with van der Waals surface area (Å²) in [6.45, 7) is 1.57. The van der Waals surface area contributed by atoms with Crippen molar-refractivity contribution in [3.8, 4) is 11.5 Å². The predicted octanol–water partition coefficient (Wildman–Crippen LogP) is 2.53. The second-order valence-electron chi connectivity index (χ2n) is 6.30. The minimum atomic E-state index is -0.281. The normalized spacial score (nSPS) is 17.1. The molecule has 8 heteroatoms. The summed E-state index contributed by atoms with van der Waals surface area (Å²) in [7, 11) is 4.85. The monoisotopic (exact) mass is 378 g/mol. The Balaban J connectivity index is 1.77. The summed E-state index contributed by atoms with van der Waals surface area (Å²) in [4.78, 5) is 14.2. The van der Waals surface area contributed by atoms with Gasteiger partial charge in [0, 0.05) is 50.1 Å². The summed E-state index contributed by atoms with van der Waals surface area (Å²) >= 11 is 6.25. The Bertz CT molecular complexity index is 817. The number of nitrogens with zero attached hydrogens (tertiary/aromatic N) is 3. The van der Waals surface area contributed by atoms with Gasteiger partial charge in [0.05, 0.1) is 26.1 Å². The van der Waals surface area contributed by atoms with Crippen LogP contribution in [0, 0.1) is 0 Å². The Kier molecular flexibility index (Phi) is 5.56. The number of benzene rings is 1. The third-order valence-corrected chi connectivity index (χ3v) is 4.90. The van der Waals surface area contributed by atoms with Crippen molar-refractivity contribution in [2.45, 2.75) is 18.9 Å². The smallest absolute Gasteiger partial charge is 0.287 e. The Morgan fingerprint density at radius 1 is 1.23 bits per heavy atom. The van der Waals surface area contributed by atoms with Crippen molar-refractivity contribution in [1.29, 1.82) is 0 Å². The quantitative estimate of drug-likeness (QED) is 0.862. The number of halogens is 1. The van der Waals surface area contributed by atoms with Gasteiger partial charge in [0.15, 0.2) is 0 Å². The van der Waals surface area contributed by atoms with E-state index in [4.69, 9.17) is 21.1 Å². The number of nitrogens with one attached hydrogen (secondary N) is 1. The Labute approximate surface area is 157 Å². The molecule has 1 atom stereocenters. The molecule has 0 saturated carbocycles. The number of hydrogen-bond donors (Lipinski definition) is 1. The average Bonchev–Trinajstić information content (AvgIpc) is 2.66. The van der Waals surface area contributed by atoms with Crippen molar-refractivity contribution in [2.75, 3.05) is 37.5 Å². The van der Waals surface area contributed by atoms with Gasteiger partial charge in [-0.05, 0) is 12.8 Å². The lowest BCUT2D eigenvalue weighted by Gasteiger charge is -2.35. The number of anilines is 2. The van der Waals surface area contributed by atoms with Gasteiger partial charge in [0.25, 0.3) is 5.56 Å². The van der Waals surface area contributed by atoms with E-state index in [0.717, 1.165) is 43.1 Å². The molecule has 1 aromatic carbocycles. The maximum Gasteiger partial charge on any atom is 0.287 e. The number of aromatic nitrogens is 2. The SMILES string of the molecule is COc1cc(NC2CCCN(c3cnn(C)c(=O)c3Cl)C2)cc(OC)c1. The highest BCUT2D eigenvalue weighted by molar-refractivity contribution is 6.33. The number of aryl methyl sites for hydroxylation is 1. The molecule has 1 N–H and O–H groups in total. The van der Waals surface area contributed by atoms with Gasteiger partial charge in [-0.15, -0.1) is 0 Å². The summed E-state index contributed by atoms with van der Waals surface area (Å²) in [5, 5.41) is 7.83. The first-order valence-electron chi connectivity index (χ1n) is 8.48. The molecule has 2 heterocycles. The van der Waals surface area contributed by atoms with Gasteiger partial charge in [-0.1, -0.05) is 11.6 Å². The number of hydrogen-bond acceptors (Lipinski definition) is 6. The van der Waals surface area contributed by atoms with E-state index in [1.54, 1.807) is 27.5 Å². The largest absolute Gasteiger partial charge is 0.497 e. The third kappa shape index (κ3) is 3.88. The molecule has 1 saturated heterocycles. The fourth-order valence-electron chi connectivity index (χ4n) is 3.16. The molecule has 0 aliphatic carbocycles. The van der Waals surface area contributed by atoms with Crippen LogP contribution >= 0.6 is 11.6 Å². The number of methoxy groups -OCH3 is 2. The molecular formula is C18H23ClN4O3. The summed E-state index contributed by atoms with van der Waals surface area (Å²) in [5.41, 5.74) is 1.34. The zero-order chi connectivity index (χ0) is 18.7. The molecule has 0 amide bonds. The van der Waals surface area contributed by atoms with Gasteiger partial charge in [-0.3, -0.25) is 4.79 Å². The minimum absolute atomic E-state index is 0.209. The fraction of sp³-hybridized carbons (Fsp3) is 0.444. The molecule has 1 aromatic heterocycles. The molecule has 1 aliphatic rings. The molecule has 1 unspecified atom stereocenters. The van der Waals surface area contributed by atoms with Crippen molar-refractivity contribution in [1.82, 2.24) is 9.78 Å². The fourth-order valence-corrected chi connectivity index (χ4v) is 3.45. The standard InChI is InChI=1S/C18H23ClN4O3/c1-22-18(24)17(19)16(10-20-22)23-6-4-5-12(11-23)21-13-7-14(25-2)9-15(8-13)26-3/h7-10,12,21H,4-6,11H2,1-3H3. The highest BCUT2D eigenvalue weighted by atomic mass is 35.5. The molecular weight excluding hydrogens is 356 g/mol. The minimum Gasteiger partial charge on any atom is -0.497 e. The highest BCUT2D eigenvalue weighted by Crippen LogP contribution is 2.29.